The maximum Gasteiger partial charge on any atom is 0.295 e. The third-order valence-corrected chi connectivity index (χ3v) is 6.91. The van der Waals surface area contributed by atoms with Crippen molar-refractivity contribution in [1.29, 1.82) is 0 Å². The lowest BCUT2D eigenvalue weighted by molar-refractivity contribution is -0.140. The van der Waals surface area contributed by atoms with Gasteiger partial charge in [0.25, 0.3) is 17.6 Å². The van der Waals surface area contributed by atoms with Gasteiger partial charge >= 0.3 is 0 Å². The maximum absolute atomic E-state index is 13.4. The van der Waals surface area contributed by atoms with Crippen molar-refractivity contribution in [2.24, 2.45) is 5.73 Å². The fourth-order valence-electron chi connectivity index (χ4n) is 4.94. The minimum Gasteiger partial charge on any atom is -0.507 e. The van der Waals surface area contributed by atoms with Gasteiger partial charge in [-0.3, -0.25) is 19.3 Å². The molecule has 40 heavy (non-hydrogen) atoms. The van der Waals surface area contributed by atoms with Crippen LogP contribution in [-0.2, 0) is 19.1 Å². The number of amides is 2. The van der Waals surface area contributed by atoms with Crippen LogP contribution in [0.2, 0.25) is 0 Å². The number of likely N-dealkylation sites (tertiary alicyclic amines) is 1. The van der Waals surface area contributed by atoms with E-state index in [1.165, 1.54) is 4.90 Å². The number of nitrogens with zero attached hydrogens (tertiary/aromatic N) is 2. The number of hydrogen-bond acceptors (Lipinski definition) is 8. The Hall–Kier alpha value is -4.15. The topological polar surface area (TPSA) is 132 Å². The third-order valence-electron chi connectivity index (χ3n) is 6.91. The molecule has 2 saturated heterocycles. The number of benzene rings is 2. The highest BCUT2D eigenvalue weighted by atomic mass is 16.5. The van der Waals surface area contributed by atoms with Gasteiger partial charge in [-0.2, -0.15) is 0 Å². The number of morpholine rings is 1. The standard InChI is InChI=1S/C30H35N3O7/c1-3-15-39-23-9-10-24(20(2)18-23)28(35)26-27(21-5-7-22(8-6-21)40-19-25(31)34)33(30(37)29(26)36)12-4-11-32-13-16-38-17-14-32/h3,5-10,18,27,35H,1,4,11-17,19H2,2H3,(H2,31,34)/b28-26+. The van der Waals surface area contributed by atoms with Gasteiger partial charge in [0.15, 0.2) is 6.61 Å². The summed E-state index contributed by atoms with van der Waals surface area (Å²) in [5.74, 6) is -1.24. The molecule has 0 saturated carbocycles. The molecule has 4 rings (SSSR count). The molecule has 212 valence electrons. The zero-order valence-corrected chi connectivity index (χ0v) is 22.6. The van der Waals surface area contributed by atoms with E-state index < -0.39 is 23.6 Å². The highest BCUT2D eigenvalue weighted by Gasteiger charge is 2.46. The normalized spacial score (nSPS) is 19.0. The van der Waals surface area contributed by atoms with Crippen LogP contribution in [0.5, 0.6) is 11.5 Å². The monoisotopic (exact) mass is 549 g/mol. The first-order valence-electron chi connectivity index (χ1n) is 13.2. The van der Waals surface area contributed by atoms with Crippen LogP contribution in [0.15, 0.2) is 60.7 Å². The van der Waals surface area contributed by atoms with E-state index in [9.17, 15) is 19.5 Å². The molecule has 2 aliphatic heterocycles. The van der Waals surface area contributed by atoms with Crippen LogP contribution in [0, 0.1) is 6.92 Å². The Morgan fingerprint density at radius 1 is 1.10 bits per heavy atom. The van der Waals surface area contributed by atoms with Gasteiger partial charge in [-0.15, -0.1) is 0 Å². The van der Waals surface area contributed by atoms with E-state index in [0.717, 1.165) is 19.6 Å². The van der Waals surface area contributed by atoms with E-state index in [4.69, 9.17) is 19.9 Å². The number of ether oxygens (including phenoxy) is 3. The molecule has 2 heterocycles. The molecule has 2 fully saturated rings. The van der Waals surface area contributed by atoms with Gasteiger partial charge in [0, 0.05) is 31.7 Å². The van der Waals surface area contributed by atoms with Gasteiger partial charge in [-0.05, 0) is 54.8 Å². The number of hydrogen-bond donors (Lipinski definition) is 2. The van der Waals surface area contributed by atoms with Crippen molar-refractivity contribution in [2.45, 2.75) is 19.4 Å². The molecule has 10 heteroatoms. The summed E-state index contributed by atoms with van der Waals surface area (Å²) < 4.78 is 16.4. The van der Waals surface area contributed by atoms with E-state index >= 15 is 0 Å². The number of rotatable bonds is 12. The molecule has 2 aromatic rings. The SMILES string of the molecule is C=CCOc1ccc(/C(O)=C2\C(=O)C(=O)N(CCCN3CCOCC3)C2c2ccc(OCC(N)=O)cc2)c(C)c1. The lowest BCUT2D eigenvalue weighted by atomic mass is 9.93. The van der Waals surface area contributed by atoms with E-state index in [0.29, 0.717) is 61.0 Å². The molecule has 2 aromatic carbocycles. The Kier molecular flexibility index (Phi) is 9.57. The summed E-state index contributed by atoms with van der Waals surface area (Å²) in [6.45, 7) is 9.57. The molecule has 0 bridgehead atoms. The van der Waals surface area contributed by atoms with Crippen molar-refractivity contribution in [3.8, 4) is 11.5 Å². The molecular weight excluding hydrogens is 514 g/mol. The fraction of sp³-hybridized carbons (Fsp3) is 0.367. The van der Waals surface area contributed by atoms with Crippen LogP contribution in [0.3, 0.4) is 0 Å². The van der Waals surface area contributed by atoms with Crippen molar-refractivity contribution < 1.29 is 33.7 Å². The van der Waals surface area contributed by atoms with Crippen LogP contribution in [-0.4, -0.2) is 85.1 Å². The van der Waals surface area contributed by atoms with Crippen LogP contribution < -0.4 is 15.2 Å². The van der Waals surface area contributed by atoms with Gasteiger partial charge in [0.2, 0.25) is 0 Å². The quantitative estimate of drug-likeness (QED) is 0.179. The van der Waals surface area contributed by atoms with Crippen molar-refractivity contribution in [3.63, 3.8) is 0 Å². The molecule has 0 radical (unpaired) electrons. The minimum absolute atomic E-state index is 0.0186. The Balaban J connectivity index is 1.67. The van der Waals surface area contributed by atoms with Crippen LogP contribution in [0.1, 0.15) is 29.2 Å². The number of ketones is 1. The number of primary amides is 1. The molecule has 10 nitrogen and oxygen atoms in total. The number of Topliss-reactive ketones (excluding diaryl/α,β-unsaturated/α-hetero) is 1. The Labute approximate surface area is 233 Å². The first kappa shape index (κ1) is 28.8. The Bertz CT molecular complexity index is 1280. The van der Waals surface area contributed by atoms with Gasteiger partial charge < -0.3 is 30.0 Å². The first-order chi connectivity index (χ1) is 19.3. The van der Waals surface area contributed by atoms with Crippen molar-refractivity contribution >= 4 is 23.4 Å². The molecule has 3 N–H and O–H groups in total. The summed E-state index contributed by atoms with van der Waals surface area (Å²) in [7, 11) is 0. The van der Waals surface area contributed by atoms with E-state index in [1.807, 2.05) is 0 Å². The zero-order valence-electron chi connectivity index (χ0n) is 22.6. The second-order valence-electron chi connectivity index (χ2n) is 9.70. The number of carbonyl (C=O) groups is 3. The van der Waals surface area contributed by atoms with E-state index in [-0.39, 0.29) is 17.9 Å². The first-order valence-corrected chi connectivity index (χ1v) is 13.2. The second kappa shape index (κ2) is 13.3. The van der Waals surface area contributed by atoms with E-state index in [2.05, 4.69) is 11.5 Å². The number of carbonyl (C=O) groups excluding carboxylic acids is 3. The van der Waals surface area contributed by atoms with Gasteiger partial charge in [0.05, 0.1) is 24.8 Å². The maximum atomic E-state index is 13.4. The van der Waals surface area contributed by atoms with Crippen LogP contribution in [0.4, 0.5) is 0 Å². The molecule has 0 aromatic heterocycles. The molecule has 1 atom stereocenters. The summed E-state index contributed by atoms with van der Waals surface area (Å²) in [5, 5.41) is 11.5. The highest BCUT2D eigenvalue weighted by Crippen LogP contribution is 2.40. The van der Waals surface area contributed by atoms with Crippen molar-refractivity contribution in [3.05, 3.63) is 77.4 Å². The average Bonchev–Trinajstić information content (AvgIpc) is 3.20. The Morgan fingerprint density at radius 2 is 1.80 bits per heavy atom. The van der Waals surface area contributed by atoms with Crippen molar-refractivity contribution in [1.82, 2.24) is 9.80 Å². The predicted molar refractivity (Wildman–Crippen MR) is 149 cm³/mol. The fourth-order valence-corrected chi connectivity index (χ4v) is 4.94. The third kappa shape index (κ3) is 6.70. The second-order valence-corrected chi connectivity index (χ2v) is 9.70. The van der Waals surface area contributed by atoms with Crippen molar-refractivity contribution in [2.75, 3.05) is 52.6 Å². The van der Waals surface area contributed by atoms with Crippen LogP contribution >= 0.6 is 0 Å². The molecule has 0 aliphatic carbocycles. The molecule has 0 spiro atoms. The highest BCUT2D eigenvalue weighted by molar-refractivity contribution is 6.46. The molecule has 1 unspecified atom stereocenters. The zero-order chi connectivity index (χ0) is 28.6. The summed E-state index contributed by atoms with van der Waals surface area (Å²) in [6.07, 6.45) is 2.28. The number of aliphatic hydroxyl groups is 1. The smallest absolute Gasteiger partial charge is 0.295 e. The van der Waals surface area contributed by atoms with Crippen LogP contribution in [0.25, 0.3) is 5.76 Å². The largest absolute Gasteiger partial charge is 0.507 e. The van der Waals surface area contributed by atoms with Gasteiger partial charge in [-0.25, -0.2) is 0 Å². The average molecular weight is 550 g/mol. The minimum atomic E-state index is -0.800. The van der Waals surface area contributed by atoms with Gasteiger partial charge in [-0.1, -0.05) is 24.8 Å². The Morgan fingerprint density at radius 3 is 2.45 bits per heavy atom. The predicted octanol–water partition coefficient (Wildman–Crippen LogP) is 2.57. The number of aliphatic hydroxyl groups excluding tert-OH is 1. The van der Waals surface area contributed by atoms with Gasteiger partial charge in [0.1, 0.15) is 23.9 Å². The summed E-state index contributed by atoms with van der Waals surface area (Å²) in [6, 6.07) is 11.0. The number of aryl methyl sites for hydroxylation is 1. The summed E-state index contributed by atoms with van der Waals surface area (Å²) in [4.78, 5) is 41.6. The summed E-state index contributed by atoms with van der Waals surface area (Å²) in [5.41, 5.74) is 6.94. The van der Waals surface area contributed by atoms with E-state index in [1.54, 1.807) is 55.5 Å². The number of nitrogens with two attached hydrogens (primary N) is 1. The lowest BCUT2D eigenvalue weighted by Gasteiger charge is -2.29. The summed E-state index contributed by atoms with van der Waals surface area (Å²) >= 11 is 0. The molecule has 2 aliphatic rings. The molecule has 2 amide bonds. The molecular formula is C30H35N3O7. The lowest BCUT2D eigenvalue weighted by Crippen LogP contribution is -2.38.